The zero-order chi connectivity index (χ0) is 18.3. The van der Waals surface area contributed by atoms with Gasteiger partial charge in [0.2, 0.25) is 15.0 Å². The summed E-state index contributed by atoms with van der Waals surface area (Å²) in [6.07, 6.45) is 5.43. The maximum atomic E-state index is 12.9. The van der Waals surface area contributed by atoms with Gasteiger partial charge in [0.05, 0.1) is 0 Å². The summed E-state index contributed by atoms with van der Waals surface area (Å²) in [4.78, 5) is 4.10. The smallest absolute Gasteiger partial charge is 0.232 e. The van der Waals surface area contributed by atoms with Crippen molar-refractivity contribution in [3.8, 4) is 5.69 Å². The van der Waals surface area contributed by atoms with Gasteiger partial charge in [-0.05, 0) is 36.5 Å². The number of rotatable bonds is 6. The molecule has 0 unspecified atom stereocenters. The van der Waals surface area contributed by atoms with Crippen LogP contribution in [0.5, 0.6) is 0 Å². The number of benzene rings is 1. The molecule has 0 aliphatic heterocycles. The lowest BCUT2D eigenvalue weighted by Crippen LogP contribution is -2.12. The highest BCUT2D eigenvalue weighted by Gasteiger charge is 2.29. The highest BCUT2D eigenvalue weighted by molar-refractivity contribution is 7.90. The van der Waals surface area contributed by atoms with Crippen LogP contribution in [-0.2, 0) is 15.6 Å². The van der Waals surface area contributed by atoms with Crippen LogP contribution >= 0.6 is 11.3 Å². The molecule has 1 aliphatic carbocycles. The number of sulfone groups is 1. The highest BCUT2D eigenvalue weighted by Crippen LogP contribution is 2.41. The maximum absolute atomic E-state index is 12.9. The van der Waals surface area contributed by atoms with E-state index in [1.54, 1.807) is 10.8 Å². The van der Waals surface area contributed by atoms with Crippen molar-refractivity contribution < 1.29 is 8.42 Å². The molecule has 0 spiro atoms. The quantitative estimate of drug-likeness (QED) is 0.643. The Bertz CT molecular complexity index is 1020. The Kier molecular flexibility index (Phi) is 4.40. The summed E-state index contributed by atoms with van der Waals surface area (Å²) in [6.45, 7) is 4.25. The van der Waals surface area contributed by atoms with Gasteiger partial charge < -0.3 is 0 Å². The van der Waals surface area contributed by atoms with Gasteiger partial charge in [-0.3, -0.25) is 4.57 Å². The lowest BCUT2D eigenvalue weighted by molar-refractivity contribution is 0.583. The molecule has 0 radical (unpaired) electrons. The predicted molar refractivity (Wildman–Crippen MR) is 100 cm³/mol. The highest BCUT2D eigenvalue weighted by atomic mass is 32.2. The fraction of sp³-hybridized carbons (Fsp3) is 0.389. The number of imidazole rings is 1. The second kappa shape index (κ2) is 6.59. The van der Waals surface area contributed by atoms with Crippen molar-refractivity contribution in [2.75, 3.05) is 0 Å². The average Bonchev–Trinajstić information content (AvgIpc) is 3.15. The van der Waals surface area contributed by atoms with Crippen LogP contribution < -0.4 is 0 Å². The Labute approximate surface area is 156 Å². The topological polar surface area (TPSA) is 77.7 Å². The van der Waals surface area contributed by atoms with Gasteiger partial charge in [-0.25, -0.2) is 13.4 Å². The van der Waals surface area contributed by atoms with E-state index < -0.39 is 9.84 Å². The minimum absolute atomic E-state index is 0.0398. The van der Waals surface area contributed by atoms with Gasteiger partial charge in [0.15, 0.2) is 0 Å². The molecule has 2 aromatic heterocycles. The van der Waals surface area contributed by atoms with Crippen LogP contribution in [0.2, 0.25) is 0 Å². The van der Waals surface area contributed by atoms with E-state index >= 15 is 0 Å². The molecule has 4 rings (SSSR count). The SMILES string of the molecule is CC(C)c1ccc(-n2ccnc2S(=O)(=O)Cc2nnc(C3CC3)s2)cc1. The van der Waals surface area contributed by atoms with E-state index in [-0.39, 0.29) is 10.9 Å². The second-order valence-electron chi connectivity index (χ2n) is 6.89. The number of aromatic nitrogens is 4. The maximum Gasteiger partial charge on any atom is 0.232 e. The number of hydrogen-bond donors (Lipinski definition) is 0. The molecule has 0 atom stereocenters. The lowest BCUT2D eigenvalue weighted by Gasteiger charge is -2.10. The van der Waals surface area contributed by atoms with Gasteiger partial charge in [-0.1, -0.05) is 26.0 Å². The number of hydrogen-bond acceptors (Lipinski definition) is 6. The van der Waals surface area contributed by atoms with E-state index in [2.05, 4.69) is 29.0 Å². The molecule has 1 saturated carbocycles. The van der Waals surface area contributed by atoms with E-state index in [0.717, 1.165) is 23.5 Å². The molecule has 0 amide bonds. The van der Waals surface area contributed by atoms with Crippen LogP contribution in [-0.4, -0.2) is 28.2 Å². The molecular weight excluding hydrogens is 368 g/mol. The Balaban J connectivity index is 1.61. The van der Waals surface area contributed by atoms with Gasteiger partial charge in [0.25, 0.3) is 0 Å². The van der Waals surface area contributed by atoms with Crippen molar-refractivity contribution in [3.63, 3.8) is 0 Å². The molecule has 0 bridgehead atoms. The predicted octanol–water partition coefficient (Wildman–Crippen LogP) is 3.70. The standard InChI is InChI=1S/C18H20N4O2S2/c1-12(2)13-5-7-15(8-6-13)22-10-9-19-18(22)26(23,24)11-16-20-21-17(25-16)14-3-4-14/h5-10,12,14H,3-4,11H2,1-2H3. The Hall–Kier alpha value is -2.06. The third kappa shape index (κ3) is 3.43. The van der Waals surface area contributed by atoms with Crippen molar-refractivity contribution in [1.82, 2.24) is 19.7 Å². The monoisotopic (exact) mass is 388 g/mol. The zero-order valence-corrected chi connectivity index (χ0v) is 16.3. The molecule has 0 N–H and O–H groups in total. The second-order valence-corrected chi connectivity index (χ2v) is 9.87. The minimum atomic E-state index is -3.61. The summed E-state index contributed by atoms with van der Waals surface area (Å²) in [5.41, 5.74) is 1.99. The minimum Gasteiger partial charge on any atom is -0.291 e. The Morgan fingerprint density at radius 2 is 1.92 bits per heavy atom. The summed E-state index contributed by atoms with van der Waals surface area (Å²) in [6, 6.07) is 7.88. The molecule has 3 aromatic rings. The van der Waals surface area contributed by atoms with Crippen LogP contribution in [0.15, 0.2) is 41.8 Å². The van der Waals surface area contributed by atoms with Crippen LogP contribution in [0, 0.1) is 0 Å². The van der Waals surface area contributed by atoms with Crippen molar-refractivity contribution in [2.24, 2.45) is 0 Å². The van der Waals surface area contributed by atoms with Crippen LogP contribution in [0.25, 0.3) is 5.69 Å². The number of nitrogens with zero attached hydrogens (tertiary/aromatic N) is 4. The first-order valence-corrected chi connectivity index (χ1v) is 11.1. The molecule has 8 heteroatoms. The van der Waals surface area contributed by atoms with E-state index in [9.17, 15) is 8.42 Å². The molecule has 2 heterocycles. The van der Waals surface area contributed by atoms with E-state index in [4.69, 9.17) is 0 Å². The van der Waals surface area contributed by atoms with E-state index in [0.29, 0.717) is 16.8 Å². The first-order chi connectivity index (χ1) is 12.4. The molecular formula is C18H20N4O2S2. The fourth-order valence-electron chi connectivity index (χ4n) is 2.78. The van der Waals surface area contributed by atoms with E-state index in [1.165, 1.54) is 23.1 Å². The van der Waals surface area contributed by atoms with E-state index in [1.807, 2.05) is 24.3 Å². The fourth-order valence-corrected chi connectivity index (χ4v) is 5.49. The lowest BCUT2D eigenvalue weighted by atomic mass is 10.0. The van der Waals surface area contributed by atoms with Crippen LogP contribution in [0.1, 0.15) is 54.1 Å². The molecule has 1 aliphatic rings. The summed E-state index contributed by atoms with van der Waals surface area (Å²) in [7, 11) is -3.61. The third-order valence-corrected chi connectivity index (χ3v) is 7.23. The zero-order valence-electron chi connectivity index (χ0n) is 14.7. The molecule has 26 heavy (non-hydrogen) atoms. The summed E-state index contributed by atoms with van der Waals surface area (Å²) < 4.78 is 27.4. The normalized spacial score (nSPS) is 14.9. The molecule has 1 aromatic carbocycles. The van der Waals surface area contributed by atoms with Gasteiger partial charge in [-0.2, -0.15) is 0 Å². The van der Waals surface area contributed by atoms with Crippen LogP contribution in [0.3, 0.4) is 0 Å². The van der Waals surface area contributed by atoms with Gasteiger partial charge in [-0.15, -0.1) is 21.5 Å². The van der Waals surface area contributed by atoms with Crippen LogP contribution in [0.4, 0.5) is 0 Å². The first-order valence-electron chi connectivity index (χ1n) is 8.63. The van der Waals surface area contributed by atoms with Crippen molar-refractivity contribution in [2.45, 2.75) is 49.4 Å². The van der Waals surface area contributed by atoms with Gasteiger partial charge in [0.1, 0.15) is 15.8 Å². The van der Waals surface area contributed by atoms with Gasteiger partial charge >= 0.3 is 0 Å². The Morgan fingerprint density at radius 1 is 1.19 bits per heavy atom. The third-order valence-electron chi connectivity index (χ3n) is 4.45. The van der Waals surface area contributed by atoms with Crippen molar-refractivity contribution >= 4 is 21.2 Å². The molecule has 136 valence electrons. The van der Waals surface area contributed by atoms with Crippen molar-refractivity contribution in [3.05, 3.63) is 52.2 Å². The summed E-state index contributed by atoms with van der Waals surface area (Å²) in [5, 5.41) is 9.70. The van der Waals surface area contributed by atoms with Crippen molar-refractivity contribution in [1.29, 1.82) is 0 Å². The summed E-state index contributed by atoms with van der Waals surface area (Å²) in [5.74, 6) is 0.733. The first kappa shape index (κ1) is 17.4. The molecule has 0 saturated heterocycles. The Morgan fingerprint density at radius 3 is 2.58 bits per heavy atom. The van der Waals surface area contributed by atoms with Gasteiger partial charge in [0, 0.05) is 24.0 Å². The largest absolute Gasteiger partial charge is 0.291 e. The summed E-state index contributed by atoms with van der Waals surface area (Å²) >= 11 is 1.40. The molecule has 1 fully saturated rings. The molecule has 6 nitrogen and oxygen atoms in total. The average molecular weight is 389 g/mol.